The lowest BCUT2D eigenvalue weighted by Crippen LogP contribution is -2.38. The molecule has 2 aromatic carbocycles. The first-order valence-corrected chi connectivity index (χ1v) is 9.59. The second kappa shape index (κ2) is 8.05. The number of aliphatic imine (C=N–C) groups is 1. The molecular formula is C17H13Cl3FN3OS. The molecule has 0 aromatic heterocycles. The van der Waals surface area contributed by atoms with Crippen LogP contribution in [0, 0.1) is 5.82 Å². The van der Waals surface area contributed by atoms with Crippen molar-refractivity contribution in [2.45, 2.75) is 12.2 Å². The van der Waals surface area contributed by atoms with Crippen molar-refractivity contribution in [3.8, 4) is 0 Å². The molecule has 1 N–H and O–H groups in total. The molecule has 0 saturated carbocycles. The van der Waals surface area contributed by atoms with Gasteiger partial charge in [-0.3, -0.25) is 4.99 Å². The summed E-state index contributed by atoms with van der Waals surface area (Å²) in [5.74, 6) is -0.561. The van der Waals surface area contributed by atoms with E-state index in [0.29, 0.717) is 33.1 Å². The summed E-state index contributed by atoms with van der Waals surface area (Å²) in [7, 11) is 0. The van der Waals surface area contributed by atoms with Gasteiger partial charge in [-0.2, -0.15) is 0 Å². The van der Waals surface area contributed by atoms with E-state index in [9.17, 15) is 9.18 Å². The number of nitrogens with one attached hydrogen (secondary N) is 1. The van der Waals surface area contributed by atoms with Crippen LogP contribution < -0.4 is 10.2 Å². The second-order valence-corrected chi connectivity index (χ2v) is 8.17. The molecule has 1 aliphatic heterocycles. The summed E-state index contributed by atoms with van der Waals surface area (Å²) in [5.41, 5.74) is 0.883. The maximum absolute atomic E-state index is 13.5. The van der Waals surface area contributed by atoms with Crippen molar-refractivity contribution < 1.29 is 9.18 Å². The Morgan fingerprint density at radius 2 is 1.96 bits per heavy atom. The molecule has 0 spiro atoms. The molecule has 0 unspecified atom stereocenters. The van der Waals surface area contributed by atoms with Gasteiger partial charge >= 0.3 is 6.03 Å². The zero-order valence-corrected chi connectivity index (χ0v) is 16.6. The van der Waals surface area contributed by atoms with Crippen LogP contribution in [0.25, 0.3) is 0 Å². The van der Waals surface area contributed by atoms with E-state index in [2.05, 4.69) is 10.3 Å². The van der Waals surface area contributed by atoms with Crippen molar-refractivity contribution in [3.63, 3.8) is 0 Å². The number of amidine groups is 1. The minimum Gasteiger partial charge on any atom is -0.307 e. The number of rotatable bonds is 2. The number of hydrogen-bond donors (Lipinski definition) is 1. The number of halogens is 4. The van der Waals surface area contributed by atoms with Crippen LogP contribution in [0.2, 0.25) is 15.1 Å². The minimum absolute atomic E-state index is 0.0773. The highest BCUT2D eigenvalue weighted by molar-refractivity contribution is 8.15. The van der Waals surface area contributed by atoms with Crippen LogP contribution >= 0.6 is 46.6 Å². The van der Waals surface area contributed by atoms with Crippen LogP contribution in [0.5, 0.6) is 0 Å². The molecule has 1 heterocycles. The quantitative estimate of drug-likeness (QED) is 0.604. The van der Waals surface area contributed by atoms with Crippen molar-refractivity contribution in [3.05, 3.63) is 57.3 Å². The molecule has 0 radical (unpaired) electrons. The summed E-state index contributed by atoms with van der Waals surface area (Å²) in [4.78, 5) is 18.7. The van der Waals surface area contributed by atoms with Crippen LogP contribution in [-0.4, -0.2) is 23.0 Å². The molecule has 2 amide bonds. The first-order chi connectivity index (χ1) is 12.3. The van der Waals surface area contributed by atoms with E-state index in [1.54, 1.807) is 18.2 Å². The van der Waals surface area contributed by atoms with Gasteiger partial charge in [0.25, 0.3) is 0 Å². The second-order valence-electron chi connectivity index (χ2n) is 5.54. The molecule has 2 aromatic rings. The molecule has 26 heavy (non-hydrogen) atoms. The van der Waals surface area contributed by atoms with Crippen molar-refractivity contribution in [1.29, 1.82) is 0 Å². The Balaban J connectivity index is 1.93. The van der Waals surface area contributed by atoms with Gasteiger partial charge in [0.2, 0.25) is 0 Å². The molecule has 1 atom stereocenters. The lowest BCUT2D eigenvalue weighted by Gasteiger charge is -2.23. The predicted octanol–water partition coefficient (Wildman–Crippen LogP) is 6.32. The molecule has 4 nitrogen and oxygen atoms in total. The van der Waals surface area contributed by atoms with Gasteiger partial charge in [0, 0.05) is 10.9 Å². The summed E-state index contributed by atoms with van der Waals surface area (Å²) < 4.78 is 13.5. The number of urea groups is 1. The van der Waals surface area contributed by atoms with E-state index in [1.807, 2.05) is 6.92 Å². The van der Waals surface area contributed by atoms with Crippen LogP contribution in [0.3, 0.4) is 0 Å². The number of hydrogen-bond acceptors (Lipinski definition) is 3. The SMILES string of the molecule is C[C@H]1CN=C(N(C(=O)Nc2ccc(Cl)c(Cl)c2)c2ccc(F)c(Cl)c2)S1. The number of thioether (sulfide) groups is 1. The monoisotopic (exact) mass is 431 g/mol. The lowest BCUT2D eigenvalue weighted by molar-refractivity contribution is 0.259. The Bertz CT molecular complexity index is 894. The summed E-state index contributed by atoms with van der Waals surface area (Å²) in [5, 5.41) is 4.13. The highest BCUT2D eigenvalue weighted by Crippen LogP contribution is 2.31. The van der Waals surface area contributed by atoms with Crippen LogP contribution in [0.4, 0.5) is 20.6 Å². The first kappa shape index (κ1) is 19.3. The fraction of sp³-hybridized carbons (Fsp3) is 0.176. The molecule has 0 fully saturated rings. The van der Waals surface area contributed by atoms with E-state index in [0.717, 1.165) is 0 Å². The van der Waals surface area contributed by atoms with Gasteiger partial charge in [-0.25, -0.2) is 14.1 Å². The zero-order valence-electron chi connectivity index (χ0n) is 13.5. The smallest absolute Gasteiger partial charge is 0.307 e. The fourth-order valence-corrected chi connectivity index (χ4v) is 3.70. The third-order valence-electron chi connectivity index (χ3n) is 3.52. The van der Waals surface area contributed by atoms with E-state index < -0.39 is 11.8 Å². The molecule has 0 bridgehead atoms. The lowest BCUT2D eigenvalue weighted by atomic mass is 10.3. The van der Waals surface area contributed by atoms with Gasteiger partial charge < -0.3 is 5.32 Å². The van der Waals surface area contributed by atoms with E-state index in [-0.39, 0.29) is 10.3 Å². The highest BCUT2D eigenvalue weighted by Gasteiger charge is 2.28. The average molecular weight is 433 g/mol. The molecule has 9 heteroatoms. The maximum atomic E-state index is 13.5. The van der Waals surface area contributed by atoms with Gasteiger partial charge in [-0.1, -0.05) is 53.5 Å². The van der Waals surface area contributed by atoms with Crippen LogP contribution in [0.1, 0.15) is 6.92 Å². The Morgan fingerprint density at radius 1 is 1.19 bits per heavy atom. The summed E-state index contributed by atoms with van der Waals surface area (Å²) in [6.45, 7) is 2.60. The van der Waals surface area contributed by atoms with Gasteiger partial charge in [-0.05, 0) is 36.4 Å². The molecule has 0 saturated heterocycles. The number of anilines is 2. The summed E-state index contributed by atoms with van der Waals surface area (Å²) in [6, 6.07) is 8.37. The van der Waals surface area contributed by atoms with Crippen LogP contribution in [-0.2, 0) is 0 Å². The normalized spacial score (nSPS) is 16.3. The van der Waals surface area contributed by atoms with Gasteiger partial charge in [-0.15, -0.1) is 0 Å². The molecule has 136 valence electrons. The van der Waals surface area contributed by atoms with Crippen molar-refractivity contribution in [1.82, 2.24) is 0 Å². The van der Waals surface area contributed by atoms with Crippen LogP contribution in [0.15, 0.2) is 41.4 Å². The van der Waals surface area contributed by atoms with E-state index in [1.165, 1.54) is 34.9 Å². The zero-order chi connectivity index (χ0) is 18.8. The number of carbonyl (C=O) groups excluding carboxylic acids is 1. The fourth-order valence-electron chi connectivity index (χ4n) is 2.28. The average Bonchev–Trinajstić information content (AvgIpc) is 3.00. The summed E-state index contributed by atoms with van der Waals surface area (Å²) >= 11 is 19.2. The minimum atomic E-state index is -0.561. The largest absolute Gasteiger partial charge is 0.332 e. The number of carbonyl (C=O) groups is 1. The molecule has 3 rings (SSSR count). The topological polar surface area (TPSA) is 44.7 Å². The van der Waals surface area contributed by atoms with Gasteiger partial charge in [0.15, 0.2) is 5.17 Å². The molecule has 0 aliphatic carbocycles. The van der Waals surface area contributed by atoms with Gasteiger partial charge in [0.05, 0.1) is 27.3 Å². The molecule has 1 aliphatic rings. The Labute approximate surface area is 169 Å². The maximum Gasteiger partial charge on any atom is 0.332 e. The van der Waals surface area contributed by atoms with Crippen molar-refractivity contribution >= 4 is 69.1 Å². The van der Waals surface area contributed by atoms with Gasteiger partial charge in [0.1, 0.15) is 5.82 Å². The number of nitrogens with zero attached hydrogens (tertiary/aromatic N) is 2. The van der Waals surface area contributed by atoms with E-state index in [4.69, 9.17) is 34.8 Å². The number of benzene rings is 2. The molecular weight excluding hydrogens is 420 g/mol. The number of amides is 2. The van der Waals surface area contributed by atoms with Crippen molar-refractivity contribution in [2.75, 3.05) is 16.8 Å². The predicted molar refractivity (Wildman–Crippen MR) is 109 cm³/mol. The Kier molecular flexibility index (Phi) is 5.97. The summed E-state index contributed by atoms with van der Waals surface area (Å²) in [6.07, 6.45) is 0. The first-order valence-electron chi connectivity index (χ1n) is 7.57. The van der Waals surface area contributed by atoms with E-state index >= 15 is 0 Å². The highest BCUT2D eigenvalue weighted by atomic mass is 35.5. The Morgan fingerprint density at radius 3 is 2.58 bits per heavy atom. The third-order valence-corrected chi connectivity index (χ3v) is 5.62. The standard InChI is InChI=1S/C17H13Cl3FN3OS/c1-9-8-22-17(26-9)24(11-3-5-15(21)14(20)7-11)16(25)23-10-2-4-12(18)13(19)6-10/h2-7,9H,8H2,1H3,(H,23,25)/t9-/m0/s1. The third kappa shape index (κ3) is 4.26. The Hall–Kier alpha value is -1.47. The van der Waals surface area contributed by atoms with Crippen molar-refractivity contribution in [2.24, 2.45) is 4.99 Å².